The maximum absolute atomic E-state index is 12.0. The molecule has 1 aromatic rings. The van der Waals surface area contributed by atoms with Crippen LogP contribution in [0.5, 0.6) is 0 Å². The molecule has 0 radical (unpaired) electrons. The largest absolute Gasteiger partial charge is 0.280 e. The Bertz CT molecular complexity index is 466. The molecule has 0 atom stereocenters. The van der Waals surface area contributed by atoms with Crippen LogP contribution in [0.3, 0.4) is 0 Å². The number of rotatable bonds is 2. The SMILES string of the molecule is CC(C)N1C(=O)CC(c2ccccc2Br)CC1=O. The van der Waals surface area contributed by atoms with E-state index in [4.69, 9.17) is 0 Å². The van der Waals surface area contributed by atoms with Gasteiger partial charge in [0.1, 0.15) is 0 Å². The number of carbonyl (C=O) groups excluding carboxylic acids is 2. The summed E-state index contributed by atoms with van der Waals surface area (Å²) in [6.45, 7) is 3.74. The molecule has 0 saturated carbocycles. The van der Waals surface area contributed by atoms with Gasteiger partial charge in [-0.3, -0.25) is 14.5 Å². The minimum absolute atomic E-state index is 0.00410. The Balaban J connectivity index is 2.24. The Morgan fingerprint density at radius 2 is 1.72 bits per heavy atom. The van der Waals surface area contributed by atoms with E-state index in [0.717, 1.165) is 10.0 Å². The molecule has 0 spiro atoms. The van der Waals surface area contributed by atoms with Gasteiger partial charge < -0.3 is 0 Å². The molecule has 1 aromatic carbocycles. The summed E-state index contributed by atoms with van der Waals surface area (Å²) in [7, 11) is 0. The molecule has 1 aliphatic rings. The van der Waals surface area contributed by atoms with Crippen molar-refractivity contribution in [3.63, 3.8) is 0 Å². The Morgan fingerprint density at radius 3 is 2.22 bits per heavy atom. The highest BCUT2D eigenvalue weighted by Crippen LogP contribution is 2.34. The molecule has 3 nitrogen and oxygen atoms in total. The molecular weight excluding hydrogens is 294 g/mol. The number of benzene rings is 1. The second kappa shape index (κ2) is 5.22. The summed E-state index contributed by atoms with van der Waals surface area (Å²) in [5.74, 6) is -0.139. The Kier molecular flexibility index (Phi) is 3.85. The van der Waals surface area contributed by atoms with Gasteiger partial charge in [0.25, 0.3) is 0 Å². The first-order chi connectivity index (χ1) is 8.50. The van der Waals surface area contributed by atoms with Crippen LogP contribution in [0.15, 0.2) is 28.7 Å². The molecule has 1 heterocycles. The zero-order chi connectivity index (χ0) is 13.3. The highest BCUT2D eigenvalue weighted by atomic mass is 79.9. The van der Waals surface area contributed by atoms with Gasteiger partial charge in [0.2, 0.25) is 11.8 Å². The van der Waals surface area contributed by atoms with E-state index in [0.29, 0.717) is 12.8 Å². The average Bonchev–Trinajstić information content (AvgIpc) is 2.27. The van der Waals surface area contributed by atoms with Gasteiger partial charge >= 0.3 is 0 Å². The van der Waals surface area contributed by atoms with Gasteiger partial charge in [0.15, 0.2) is 0 Å². The van der Waals surface area contributed by atoms with Gasteiger partial charge in [-0.2, -0.15) is 0 Å². The van der Waals surface area contributed by atoms with Crippen molar-refractivity contribution in [3.05, 3.63) is 34.3 Å². The predicted molar refractivity (Wildman–Crippen MR) is 73.1 cm³/mol. The molecule has 1 aliphatic heterocycles. The molecule has 0 N–H and O–H groups in total. The van der Waals surface area contributed by atoms with Crippen LogP contribution >= 0.6 is 15.9 Å². The van der Waals surface area contributed by atoms with Gasteiger partial charge in [-0.1, -0.05) is 34.1 Å². The van der Waals surface area contributed by atoms with Gasteiger partial charge in [0, 0.05) is 29.3 Å². The Morgan fingerprint density at radius 1 is 1.17 bits per heavy atom. The zero-order valence-corrected chi connectivity index (χ0v) is 12.1. The highest BCUT2D eigenvalue weighted by molar-refractivity contribution is 9.10. The third kappa shape index (κ3) is 2.48. The third-order valence-electron chi connectivity index (χ3n) is 3.24. The smallest absolute Gasteiger partial charge is 0.230 e. The fourth-order valence-corrected chi connectivity index (χ4v) is 3.04. The van der Waals surface area contributed by atoms with Crippen molar-refractivity contribution in [2.45, 2.75) is 38.6 Å². The van der Waals surface area contributed by atoms with Gasteiger partial charge in [-0.05, 0) is 25.5 Å². The molecule has 1 saturated heterocycles. The van der Waals surface area contributed by atoms with Crippen LogP contribution in [0.4, 0.5) is 0 Å². The van der Waals surface area contributed by atoms with Gasteiger partial charge in [-0.15, -0.1) is 0 Å². The van der Waals surface area contributed by atoms with Crippen molar-refractivity contribution in [2.24, 2.45) is 0 Å². The summed E-state index contributed by atoms with van der Waals surface area (Å²) < 4.78 is 0.966. The van der Waals surface area contributed by atoms with Crippen molar-refractivity contribution in [1.29, 1.82) is 0 Å². The maximum atomic E-state index is 12.0. The number of likely N-dealkylation sites (tertiary alicyclic amines) is 1. The van der Waals surface area contributed by atoms with E-state index in [1.165, 1.54) is 4.90 Å². The first-order valence-corrected chi connectivity index (χ1v) is 6.89. The molecule has 18 heavy (non-hydrogen) atoms. The minimum atomic E-state index is -0.0676. The molecule has 2 rings (SSSR count). The van der Waals surface area contributed by atoms with Crippen molar-refractivity contribution in [2.75, 3.05) is 0 Å². The van der Waals surface area contributed by atoms with Crippen LogP contribution in [0.2, 0.25) is 0 Å². The predicted octanol–water partition coefficient (Wildman–Crippen LogP) is 3.09. The van der Waals surface area contributed by atoms with Crippen molar-refractivity contribution >= 4 is 27.7 Å². The fourth-order valence-electron chi connectivity index (χ4n) is 2.43. The first-order valence-electron chi connectivity index (χ1n) is 6.10. The number of amides is 2. The number of hydrogen-bond donors (Lipinski definition) is 0. The molecule has 4 heteroatoms. The minimum Gasteiger partial charge on any atom is -0.280 e. The van der Waals surface area contributed by atoms with E-state index < -0.39 is 0 Å². The normalized spacial score (nSPS) is 17.7. The Labute approximate surface area is 115 Å². The number of piperidine rings is 1. The lowest BCUT2D eigenvalue weighted by Gasteiger charge is -2.33. The number of hydrogen-bond acceptors (Lipinski definition) is 2. The number of imide groups is 1. The van der Waals surface area contributed by atoms with Gasteiger partial charge in [0.05, 0.1) is 0 Å². The molecule has 0 aliphatic carbocycles. The summed E-state index contributed by atoms with van der Waals surface area (Å²) in [6.07, 6.45) is 0.819. The van der Waals surface area contributed by atoms with Crippen molar-refractivity contribution in [3.8, 4) is 0 Å². The number of nitrogens with zero attached hydrogens (tertiary/aromatic N) is 1. The summed E-state index contributed by atoms with van der Waals surface area (Å²) >= 11 is 3.48. The topological polar surface area (TPSA) is 37.4 Å². The molecule has 0 unspecified atom stereocenters. The van der Waals surface area contributed by atoms with E-state index in [2.05, 4.69) is 15.9 Å². The van der Waals surface area contributed by atoms with E-state index >= 15 is 0 Å². The Hall–Kier alpha value is -1.16. The lowest BCUT2D eigenvalue weighted by molar-refractivity contribution is -0.150. The van der Waals surface area contributed by atoms with Crippen LogP contribution in [0.1, 0.15) is 38.2 Å². The van der Waals surface area contributed by atoms with Crippen LogP contribution < -0.4 is 0 Å². The summed E-state index contributed by atoms with van der Waals surface area (Å²) in [5, 5.41) is 0. The molecule has 2 amide bonds. The highest BCUT2D eigenvalue weighted by Gasteiger charge is 2.35. The summed E-state index contributed by atoms with van der Waals surface area (Å²) in [5.41, 5.74) is 1.04. The van der Waals surface area contributed by atoms with E-state index in [1.807, 2.05) is 38.1 Å². The zero-order valence-electron chi connectivity index (χ0n) is 10.5. The standard InChI is InChI=1S/C14H16BrNO2/c1-9(2)16-13(17)7-10(8-14(16)18)11-5-3-4-6-12(11)15/h3-6,9-10H,7-8H2,1-2H3. The van der Waals surface area contributed by atoms with Crippen LogP contribution in [-0.2, 0) is 9.59 Å². The maximum Gasteiger partial charge on any atom is 0.230 e. The first kappa shape index (κ1) is 13.3. The average molecular weight is 310 g/mol. The van der Waals surface area contributed by atoms with E-state index in [-0.39, 0.29) is 23.8 Å². The summed E-state index contributed by atoms with van der Waals surface area (Å²) in [4.78, 5) is 25.4. The molecular formula is C14H16BrNO2. The van der Waals surface area contributed by atoms with Crippen molar-refractivity contribution in [1.82, 2.24) is 4.90 Å². The number of carbonyl (C=O) groups is 2. The molecule has 0 aromatic heterocycles. The van der Waals surface area contributed by atoms with E-state index in [1.54, 1.807) is 0 Å². The second-order valence-corrected chi connectivity index (χ2v) is 5.73. The van der Waals surface area contributed by atoms with Gasteiger partial charge in [-0.25, -0.2) is 0 Å². The van der Waals surface area contributed by atoms with Crippen LogP contribution in [0, 0.1) is 0 Å². The van der Waals surface area contributed by atoms with Crippen molar-refractivity contribution < 1.29 is 9.59 Å². The number of halogens is 1. The second-order valence-electron chi connectivity index (χ2n) is 4.88. The van der Waals surface area contributed by atoms with Crippen LogP contribution in [0.25, 0.3) is 0 Å². The fraction of sp³-hybridized carbons (Fsp3) is 0.429. The quantitative estimate of drug-likeness (QED) is 0.787. The monoisotopic (exact) mass is 309 g/mol. The third-order valence-corrected chi connectivity index (χ3v) is 3.96. The molecule has 96 valence electrons. The van der Waals surface area contributed by atoms with E-state index in [9.17, 15) is 9.59 Å². The summed E-state index contributed by atoms with van der Waals surface area (Å²) in [6, 6.07) is 7.73. The molecule has 0 bridgehead atoms. The molecule has 1 fully saturated rings. The lowest BCUT2D eigenvalue weighted by Crippen LogP contribution is -2.46. The van der Waals surface area contributed by atoms with Crippen LogP contribution in [-0.4, -0.2) is 22.8 Å². The lowest BCUT2D eigenvalue weighted by atomic mass is 9.88.